The monoisotopic (exact) mass is 494 g/mol. The van der Waals surface area contributed by atoms with Crippen molar-refractivity contribution in [2.75, 3.05) is 23.8 Å². The highest BCUT2D eigenvalue weighted by atomic mass is 35.5. The van der Waals surface area contributed by atoms with Crippen LogP contribution in [0.4, 0.5) is 11.4 Å². The van der Waals surface area contributed by atoms with Crippen LogP contribution in [0, 0.1) is 0 Å². The molecule has 0 unspecified atom stereocenters. The molecular formula is C26H20Cl2N2O4. The maximum Gasteiger partial charge on any atom is 0.262 e. The van der Waals surface area contributed by atoms with Crippen molar-refractivity contribution >= 4 is 57.2 Å². The third kappa shape index (κ3) is 5.78. The van der Waals surface area contributed by atoms with Gasteiger partial charge in [0.25, 0.3) is 11.8 Å². The van der Waals surface area contributed by atoms with Crippen molar-refractivity contribution < 1.29 is 19.1 Å². The lowest BCUT2D eigenvalue weighted by Crippen LogP contribution is -2.22. The molecule has 0 atom stereocenters. The normalized spacial score (nSPS) is 10.5. The Morgan fingerprint density at radius 1 is 0.618 bits per heavy atom. The van der Waals surface area contributed by atoms with Crippen LogP contribution in [0.3, 0.4) is 0 Å². The minimum atomic E-state index is -0.365. The SMILES string of the molecule is O=C(COc1ccccc1Cl)Nc1cccc2cccc(NC(=O)COc3ccccc3Cl)c12. The first-order valence-electron chi connectivity index (χ1n) is 10.4. The van der Waals surface area contributed by atoms with E-state index in [1.807, 2.05) is 24.3 Å². The topological polar surface area (TPSA) is 76.7 Å². The predicted molar refractivity (Wildman–Crippen MR) is 135 cm³/mol. The van der Waals surface area contributed by atoms with Gasteiger partial charge in [0.05, 0.1) is 21.4 Å². The largest absolute Gasteiger partial charge is 0.482 e. The van der Waals surface area contributed by atoms with Crippen LogP contribution >= 0.6 is 23.2 Å². The van der Waals surface area contributed by atoms with Crippen molar-refractivity contribution in [3.05, 3.63) is 95.0 Å². The molecule has 0 radical (unpaired) electrons. The first kappa shape index (κ1) is 23.4. The number of fused-ring (bicyclic) bond motifs is 1. The first-order valence-corrected chi connectivity index (χ1v) is 11.1. The summed E-state index contributed by atoms with van der Waals surface area (Å²) in [6.45, 7) is -0.444. The summed E-state index contributed by atoms with van der Waals surface area (Å²) in [4.78, 5) is 25.1. The molecule has 8 heteroatoms. The number of rotatable bonds is 8. The van der Waals surface area contributed by atoms with Gasteiger partial charge >= 0.3 is 0 Å². The zero-order chi connectivity index (χ0) is 23.9. The van der Waals surface area contributed by atoms with Gasteiger partial charge < -0.3 is 20.1 Å². The summed E-state index contributed by atoms with van der Waals surface area (Å²) in [7, 11) is 0. The number of benzene rings is 4. The third-order valence-corrected chi connectivity index (χ3v) is 5.47. The predicted octanol–water partition coefficient (Wildman–Crippen LogP) is 6.18. The summed E-state index contributed by atoms with van der Waals surface area (Å²) in [6, 6.07) is 24.8. The van der Waals surface area contributed by atoms with Crippen molar-refractivity contribution in [2.45, 2.75) is 0 Å². The van der Waals surface area contributed by atoms with Crippen LogP contribution in [0.25, 0.3) is 10.8 Å². The molecular weight excluding hydrogens is 475 g/mol. The number of halogens is 2. The van der Waals surface area contributed by atoms with Crippen LogP contribution in [0.1, 0.15) is 0 Å². The van der Waals surface area contributed by atoms with Gasteiger partial charge in [-0.05, 0) is 41.8 Å². The zero-order valence-corrected chi connectivity index (χ0v) is 19.4. The summed E-state index contributed by atoms with van der Waals surface area (Å²) in [5, 5.41) is 8.06. The smallest absolute Gasteiger partial charge is 0.262 e. The number of ether oxygens (including phenoxy) is 2. The fourth-order valence-electron chi connectivity index (χ4n) is 3.33. The maximum absolute atomic E-state index is 12.6. The van der Waals surface area contributed by atoms with Gasteiger partial charge in [0.2, 0.25) is 0 Å². The summed E-state index contributed by atoms with van der Waals surface area (Å²) in [6.07, 6.45) is 0. The van der Waals surface area contributed by atoms with Crippen LogP contribution in [0.15, 0.2) is 84.9 Å². The molecule has 0 spiro atoms. The van der Waals surface area contributed by atoms with Crippen LogP contribution in [-0.4, -0.2) is 25.0 Å². The molecule has 0 aliphatic rings. The first-order chi connectivity index (χ1) is 16.5. The molecule has 0 aromatic heterocycles. The average molecular weight is 495 g/mol. The lowest BCUT2D eigenvalue weighted by atomic mass is 10.1. The van der Waals surface area contributed by atoms with Crippen molar-refractivity contribution in [1.82, 2.24) is 0 Å². The molecule has 4 aromatic carbocycles. The minimum absolute atomic E-state index is 0.222. The summed E-state index contributed by atoms with van der Waals surface area (Å²) in [5.74, 6) is 0.110. The van der Waals surface area contributed by atoms with E-state index in [0.29, 0.717) is 38.3 Å². The fraction of sp³-hybridized carbons (Fsp3) is 0.0769. The van der Waals surface area contributed by atoms with Gasteiger partial charge in [0.15, 0.2) is 13.2 Å². The van der Waals surface area contributed by atoms with Crippen LogP contribution < -0.4 is 20.1 Å². The second kappa shape index (κ2) is 10.9. The summed E-state index contributed by atoms with van der Waals surface area (Å²) >= 11 is 12.1. The van der Waals surface area contributed by atoms with Gasteiger partial charge in [0, 0.05) is 5.39 Å². The van der Waals surface area contributed by atoms with E-state index in [0.717, 1.165) is 5.39 Å². The number of anilines is 2. The molecule has 0 aliphatic carbocycles. The van der Waals surface area contributed by atoms with Gasteiger partial charge in [0.1, 0.15) is 11.5 Å². The number of para-hydroxylation sites is 2. The van der Waals surface area contributed by atoms with Gasteiger partial charge in [-0.15, -0.1) is 0 Å². The number of hydrogen-bond donors (Lipinski definition) is 2. The van der Waals surface area contributed by atoms with E-state index >= 15 is 0 Å². The Morgan fingerprint density at radius 2 is 1.06 bits per heavy atom. The maximum atomic E-state index is 12.6. The average Bonchev–Trinajstić information content (AvgIpc) is 2.83. The van der Waals surface area contributed by atoms with Crippen molar-refractivity contribution in [1.29, 1.82) is 0 Å². The van der Waals surface area contributed by atoms with E-state index in [1.54, 1.807) is 60.7 Å². The highest BCUT2D eigenvalue weighted by Gasteiger charge is 2.13. The lowest BCUT2D eigenvalue weighted by Gasteiger charge is -2.14. The Balaban J connectivity index is 1.47. The minimum Gasteiger partial charge on any atom is -0.482 e. The van der Waals surface area contributed by atoms with E-state index in [1.165, 1.54) is 0 Å². The van der Waals surface area contributed by atoms with Gasteiger partial charge in [-0.2, -0.15) is 0 Å². The van der Waals surface area contributed by atoms with Crippen molar-refractivity contribution in [2.24, 2.45) is 0 Å². The molecule has 0 saturated heterocycles. The Kier molecular flexibility index (Phi) is 7.52. The Hall–Kier alpha value is -3.74. The number of hydrogen-bond acceptors (Lipinski definition) is 4. The molecule has 0 fully saturated rings. The van der Waals surface area contributed by atoms with E-state index in [-0.39, 0.29) is 25.0 Å². The lowest BCUT2D eigenvalue weighted by molar-refractivity contribution is -0.118. The quantitative estimate of drug-likeness (QED) is 0.306. The summed E-state index contributed by atoms with van der Waals surface area (Å²) in [5.41, 5.74) is 1.07. The van der Waals surface area contributed by atoms with Crippen LogP contribution in [-0.2, 0) is 9.59 Å². The summed E-state index contributed by atoms with van der Waals surface area (Å²) < 4.78 is 11.0. The Bertz CT molecular complexity index is 1250. The highest BCUT2D eigenvalue weighted by Crippen LogP contribution is 2.31. The molecule has 2 amide bonds. The van der Waals surface area contributed by atoms with E-state index in [4.69, 9.17) is 32.7 Å². The molecule has 34 heavy (non-hydrogen) atoms. The standard InChI is InChI=1S/C26H20Cl2N2O4/c27-18-9-1-3-13-22(18)33-15-24(31)29-20-11-5-7-17-8-6-12-21(26(17)20)30-25(32)16-34-23-14-4-2-10-19(23)28/h1-14H,15-16H2,(H,29,31)(H,30,32). The molecule has 2 N–H and O–H groups in total. The zero-order valence-electron chi connectivity index (χ0n) is 17.9. The fourth-order valence-corrected chi connectivity index (χ4v) is 3.71. The Labute approximate surface area is 206 Å². The van der Waals surface area contributed by atoms with Gasteiger partial charge in [-0.1, -0.05) is 71.7 Å². The second-order valence-electron chi connectivity index (χ2n) is 7.24. The van der Waals surface area contributed by atoms with Crippen molar-refractivity contribution in [3.63, 3.8) is 0 Å². The number of amides is 2. The number of carbonyl (C=O) groups is 2. The molecule has 172 valence electrons. The molecule has 0 bridgehead atoms. The Morgan fingerprint density at radius 3 is 1.50 bits per heavy atom. The van der Waals surface area contributed by atoms with E-state index in [9.17, 15) is 9.59 Å². The second-order valence-corrected chi connectivity index (χ2v) is 8.06. The van der Waals surface area contributed by atoms with Gasteiger partial charge in [-0.3, -0.25) is 9.59 Å². The number of carbonyl (C=O) groups excluding carboxylic acids is 2. The van der Waals surface area contributed by atoms with E-state index < -0.39 is 0 Å². The molecule has 6 nitrogen and oxygen atoms in total. The van der Waals surface area contributed by atoms with E-state index in [2.05, 4.69) is 10.6 Å². The van der Waals surface area contributed by atoms with Crippen LogP contribution in [0.2, 0.25) is 10.0 Å². The molecule has 4 rings (SSSR count). The molecule has 0 heterocycles. The molecule has 0 aliphatic heterocycles. The highest BCUT2D eigenvalue weighted by molar-refractivity contribution is 6.32. The van der Waals surface area contributed by atoms with Gasteiger partial charge in [-0.25, -0.2) is 0 Å². The third-order valence-electron chi connectivity index (χ3n) is 4.84. The number of nitrogens with one attached hydrogen (secondary N) is 2. The molecule has 4 aromatic rings. The van der Waals surface area contributed by atoms with Crippen LogP contribution in [0.5, 0.6) is 11.5 Å². The molecule has 0 saturated carbocycles. The van der Waals surface area contributed by atoms with Crippen molar-refractivity contribution in [3.8, 4) is 11.5 Å².